The maximum Gasteiger partial charge on any atom is 0.326 e. The highest BCUT2D eigenvalue weighted by molar-refractivity contribution is 6.09. The number of ether oxygens (including phenoxy) is 2. The molecule has 4 atom stereocenters. The molecule has 3 rings (SSSR count). The smallest absolute Gasteiger partial charge is 0.326 e. The van der Waals surface area contributed by atoms with Gasteiger partial charge >= 0.3 is 5.97 Å². The zero-order valence-corrected chi connectivity index (χ0v) is 14.7. The molecule has 7 heteroatoms. The molecule has 1 aromatic rings. The topological polar surface area (TPSA) is 84.9 Å². The summed E-state index contributed by atoms with van der Waals surface area (Å²) < 4.78 is 10.3. The van der Waals surface area contributed by atoms with Crippen LogP contribution in [-0.2, 0) is 19.1 Å². The number of hydrogen-bond donors (Lipinski definition) is 1. The SMILES string of the molecule is CCN1C(=O)C2C(c3ccccc3OC)NC(C)(C(=O)OC)C2C1=O. The quantitative estimate of drug-likeness (QED) is 0.644. The van der Waals surface area contributed by atoms with Crippen molar-refractivity contribution in [3.05, 3.63) is 29.8 Å². The van der Waals surface area contributed by atoms with Crippen LogP contribution < -0.4 is 10.1 Å². The van der Waals surface area contributed by atoms with E-state index in [1.54, 1.807) is 27.0 Å². The van der Waals surface area contributed by atoms with Crippen LogP contribution in [0.25, 0.3) is 0 Å². The molecule has 4 unspecified atom stereocenters. The molecule has 2 heterocycles. The lowest BCUT2D eigenvalue weighted by atomic mass is 9.80. The van der Waals surface area contributed by atoms with Crippen LogP contribution in [0.2, 0.25) is 0 Å². The van der Waals surface area contributed by atoms with Crippen molar-refractivity contribution in [2.75, 3.05) is 20.8 Å². The number of nitrogens with one attached hydrogen (secondary N) is 1. The van der Waals surface area contributed by atoms with E-state index >= 15 is 0 Å². The number of para-hydroxylation sites is 1. The molecular formula is C18H22N2O5. The summed E-state index contributed by atoms with van der Waals surface area (Å²) in [4.78, 5) is 39.4. The van der Waals surface area contributed by atoms with Crippen LogP contribution >= 0.6 is 0 Å². The van der Waals surface area contributed by atoms with Crippen molar-refractivity contribution in [2.24, 2.45) is 11.8 Å². The molecule has 0 bridgehead atoms. The fraction of sp³-hybridized carbons (Fsp3) is 0.500. The number of benzene rings is 1. The van der Waals surface area contributed by atoms with Gasteiger partial charge < -0.3 is 9.47 Å². The highest BCUT2D eigenvalue weighted by atomic mass is 16.5. The number of likely N-dealkylation sites (tertiary alicyclic amines) is 1. The molecule has 0 aromatic heterocycles. The van der Waals surface area contributed by atoms with Crippen LogP contribution in [0.1, 0.15) is 25.5 Å². The van der Waals surface area contributed by atoms with Gasteiger partial charge in [0.1, 0.15) is 11.3 Å². The zero-order chi connectivity index (χ0) is 18.4. The van der Waals surface area contributed by atoms with Gasteiger partial charge in [0, 0.05) is 18.2 Å². The standard InChI is InChI=1S/C18H22N2O5/c1-5-20-15(21)12-13(16(20)22)18(2,17(23)25-4)19-14(12)10-8-6-7-9-11(10)24-3/h6-9,12-14,19H,5H2,1-4H3. The first-order chi connectivity index (χ1) is 11.9. The Bertz CT molecular complexity index is 734. The summed E-state index contributed by atoms with van der Waals surface area (Å²) in [7, 11) is 2.82. The molecule has 2 saturated heterocycles. The Morgan fingerprint density at radius 1 is 1.24 bits per heavy atom. The summed E-state index contributed by atoms with van der Waals surface area (Å²) >= 11 is 0. The first-order valence-electron chi connectivity index (χ1n) is 8.25. The summed E-state index contributed by atoms with van der Waals surface area (Å²) in [5.74, 6) is -2.04. The van der Waals surface area contributed by atoms with Gasteiger partial charge in [0.25, 0.3) is 0 Å². The normalized spacial score (nSPS) is 31.2. The van der Waals surface area contributed by atoms with Crippen molar-refractivity contribution in [1.29, 1.82) is 0 Å². The molecule has 2 fully saturated rings. The van der Waals surface area contributed by atoms with Crippen LogP contribution in [0, 0.1) is 11.8 Å². The second-order valence-electron chi connectivity index (χ2n) is 6.48. The molecule has 2 amide bonds. The van der Waals surface area contributed by atoms with Crippen molar-refractivity contribution >= 4 is 17.8 Å². The van der Waals surface area contributed by atoms with Crippen LogP contribution in [0.5, 0.6) is 5.75 Å². The van der Waals surface area contributed by atoms with E-state index in [2.05, 4.69) is 5.32 Å². The maximum absolute atomic E-state index is 12.9. The molecule has 7 nitrogen and oxygen atoms in total. The number of nitrogens with zero attached hydrogens (tertiary/aromatic N) is 1. The van der Waals surface area contributed by atoms with Gasteiger partial charge in [0.2, 0.25) is 11.8 Å². The summed E-state index contributed by atoms with van der Waals surface area (Å²) in [5.41, 5.74) is -0.534. The molecule has 0 aliphatic carbocycles. The number of fused-ring (bicyclic) bond motifs is 1. The molecule has 2 aliphatic rings. The number of esters is 1. The lowest BCUT2D eigenvalue weighted by Gasteiger charge is -2.28. The first-order valence-corrected chi connectivity index (χ1v) is 8.25. The number of methoxy groups -OCH3 is 2. The highest BCUT2D eigenvalue weighted by Crippen LogP contribution is 2.50. The predicted molar refractivity (Wildman–Crippen MR) is 88.7 cm³/mol. The number of hydrogen-bond acceptors (Lipinski definition) is 6. The molecule has 25 heavy (non-hydrogen) atoms. The number of carbonyl (C=O) groups is 3. The van der Waals surface area contributed by atoms with Crippen LogP contribution in [0.3, 0.4) is 0 Å². The van der Waals surface area contributed by atoms with E-state index in [9.17, 15) is 14.4 Å². The third-order valence-electron chi connectivity index (χ3n) is 5.28. The van der Waals surface area contributed by atoms with Crippen molar-refractivity contribution in [2.45, 2.75) is 25.4 Å². The van der Waals surface area contributed by atoms with Gasteiger partial charge in [0.05, 0.1) is 26.1 Å². The summed E-state index contributed by atoms with van der Waals surface area (Å²) in [6, 6.07) is 6.77. The minimum absolute atomic E-state index is 0.270. The largest absolute Gasteiger partial charge is 0.496 e. The van der Waals surface area contributed by atoms with Gasteiger partial charge in [-0.2, -0.15) is 0 Å². The van der Waals surface area contributed by atoms with E-state index in [4.69, 9.17) is 9.47 Å². The number of imide groups is 1. The van der Waals surface area contributed by atoms with E-state index in [0.717, 1.165) is 5.56 Å². The van der Waals surface area contributed by atoms with Crippen molar-refractivity contribution < 1.29 is 23.9 Å². The molecular weight excluding hydrogens is 324 g/mol. The molecule has 0 spiro atoms. The summed E-state index contributed by atoms with van der Waals surface area (Å²) in [5, 5.41) is 3.19. The number of carbonyl (C=O) groups excluding carboxylic acids is 3. The third kappa shape index (κ3) is 2.33. The summed E-state index contributed by atoms with van der Waals surface area (Å²) in [6.45, 7) is 3.65. The molecule has 0 saturated carbocycles. The molecule has 1 N–H and O–H groups in total. The second-order valence-corrected chi connectivity index (χ2v) is 6.48. The lowest BCUT2D eigenvalue weighted by Crippen LogP contribution is -2.53. The van der Waals surface area contributed by atoms with Gasteiger partial charge in [-0.05, 0) is 19.9 Å². The Morgan fingerprint density at radius 3 is 2.52 bits per heavy atom. The number of rotatable bonds is 4. The highest BCUT2D eigenvalue weighted by Gasteiger charge is 2.66. The fourth-order valence-electron chi connectivity index (χ4n) is 4.10. The maximum atomic E-state index is 12.9. The van der Waals surface area contributed by atoms with Gasteiger partial charge in [-0.15, -0.1) is 0 Å². The summed E-state index contributed by atoms with van der Waals surface area (Å²) in [6.07, 6.45) is 0. The van der Waals surface area contributed by atoms with E-state index in [-0.39, 0.29) is 18.4 Å². The molecule has 134 valence electrons. The first kappa shape index (κ1) is 17.4. The Hall–Kier alpha value is -2.41. The second kappa shape index (κ2) is 6.15. The molecule has 2 aliphatic heterocycles. The van der Waals surface area contributed by atoms with Gasteiger partial charge in [0.15, 0.2) is 0 Å². The van der Waals surface area contributed by atoms with E-state index in [1.807, 2.05) is 18.2 Å². The zero-order valence-electron chi connectivity index (χ0n) is 14.7. The van der Waals surface area contributed by atoms with Crippen molar-refractivity contribution in [1.82, 2.24) is 10.2 Å². The number of amides is 2. The fourth-order valence-corrected chi connectivity index (χ4v) is 4.10. The Labute approximate surface area is 146 Å². The van der Waals surface area contributed by atoms with E-state index in [0.29, 0.717) is 5.75 Å². The van der Waals surface area contributed by atoms with Crippen molar-refractivity contribution in [3.63, 3.8) is 0 Å². The predicted octanol–water partition coefficient (Wildman–Crippen LogP) is 0.892. The van der Waals surface area contributed by atoms with Crippen LogP contribution in [0.15, 0.2) is 24.3 Å². The van der Waals surface area contributed by atoms with Crippen LogP contribution in [0.4, 0.5) is 0 Å². The van der Waals surface area contributed by atoms with Crippen molar-refractivity contribution in [3.8, 4) is 5.75 Å². The lowest BCUT2D eigenvalue weighted by molar-refractivity contribution is -0.153. The average Bonchev–Trinajstić information content (AvgIpc) is 3.08. The minimum Gasteiger partial charge on any atom is -0.496 e. The van der Waals surface area contributed by atoms with E-state index < -0.39 is 29.4 Å². The van der Waals surface area contributed by atoms with E-state index in [1.165, 1.54) is 12.0 Å². The minimum atomic E-state index is -1.28. The molecule has 0 radical (unpaired) electrons. The van der Waals surface area contributed by atoms with Gasteiger partial charge in [-0.3, -0.25) is 24.6 Å². The average molecular weight is 346 g/mol. The monoisotopic (exact) mass is 346 g/mol. The Kier molecular flexibility index (Phi) is 4.28. The Balaban J connectivity index is 2.14. The molecule has 1 aromatic carbocycles. The van der Waals surface area contributed by atoms with Gasteiger partial charge in [-0.1, -0.05) is 18.2 Å². The van der Waals surface area contributed by atoms with Gasteiger partial charge in [-0.25, -0.2) is 0 Å². The third-order valence-corrected chi connectivity index (χ3v) is 5.28. The Morgan fingerprint density at radius 2 is 1.92 bits per heavy atom. The van der Waals surface area contributed by atoms with Crippen LogP contribution in [-0.4, -0.2) is 49.0 Å².